The van der Waals surface area contributed by atoms with Crippen molar-refractivity contribution in [2.45, 2.75) is 67.6 Å². The molecule has 0 spiro atoms. The number of benzene rings is 2. The Bertz CT molecular complexity index is 2090. The number of carboxylic acid groups (broad SMARTS) is 1. The first-order chi connectivity index (χ1) is 25.6. The van der Waals surface area contributed by atoms with Crippen molar-refractivity contribution >= 4 is 59.4 Å². The minimum Gasteiger partial charge on any atom is -0.548 e. The van der Waals surface area contributed by atoms with Crippen LogP contribution in [0.4, 0.5) is 5.69 Å². The topological polar surface area (TPSA) is 247 Å². The van der Waals surface area contributed by atoms with Crippen molar-refractivity contribution in [1.82, 2.24) is 25.4 Å². The van der Waals surface area contributed by atoms with Gasteiger partial charge in [0.2, 0.25) is 23.6 Å². The number of rotatable bonds is 11. The van der Waals surface area contributed by atoms with Crippen molar-refractivity contribution in [3.05, 3.63) is 82.1 Å². The monoisotopic (exact) mass is 782 g/mol. The Morgan fingerprint density at radius 1 is 1.04 bits per heavy atom. The number of nitrogens with one attached hydrogen (secondary N) is 4. The largest absolute Gasteiger partial charge is 1.00 e. The average molecular weight is 783 g/mol. The first-order valence-electron chi connectivity index (χ1n) is 16.7. The second-order valence-corrected chi connectivity index (χ2v) is 15.3. The number of β-lactam (4-membered cyclic amide) rings is 1. The summed E-state index contributed by atoms with van der Waals surface area (Å²) in [7, 11) is 0. The minimum atomic E-state index is -1.42. The van der Waals surface area contributed by atoms with Crippen molar-refractivity contribution in [1.29, 1.82) is 0 Å². The van der Waals surface area contributed by atoms with Gasteiger partial charge < -0.3 is 50.5 Å². The van der Waals surface area contributed by atoms with Crippen LogP contribution in [0.5, 0.6) is 5.75 Å². The molecule has 0 saturated carbocycles. The Morgan fingerprint density at radius 3 is 2.31 bits per heavy atom. The first-order valence-corrected chi connectivity index (χ1v) is 17.6. The van der Waals surface area contributed by atoms with E-state index in [9.17, 15) is 48.6 Å². The number of ether oxygens (including phenoxy) is 1. The third kappa shape index (κ3) is 8.26. The van der Waals surface area contributed by atoms with Crippen LogP contribution in [0.15, 0.2) is 65.5 Å². The number of carbonyl (C=O) groups is 7. The van der Waals surface area contributed by atoms with Crippen molar-refractivity contribution in [2.24, 2.45) is 0 Å². The quantitative estimate of drug-likeness (QED) is 0.0727. The fraction of sp³-hybridized carbons (Fsp3) is 0.333. The Morgan fingerprint density at radius 2 is 1.71 bits per heavy atom. The van der Waals surface area contributed by atoms with Crippen LogP contribution in [-0.2, 0) is 33.5 Å². The van der Waals surface area contributed by atoms with Crippen LogP contribution in [-0.4, -0.2) is 103 Å². The molecule has 2 aromatic carbocycles. The van der Waals surface area contributed by atoms with Crippen molar-refractivity contribution < 1.29 is 78.1 Å². The van der Waals surface area contributed by atoms with Crippen LogP contribution in [0.1, 0.15) is 49.2 Å². The van der Waals surface area contributed by atoms with Crippen LogP contribution in [0.2, 0.25) is 0 Å². The number of aromatic amines is 1. The van der Waals surface area contributed by atoms with E-state index in [-0.39, 0.29) is 71.8 Å². The molecule has 4 heterocycles. The van der Waals surface area contributed by atoms with Gasteiger partial charge in [0, 0.05) is 29.5 Å². The van der Waals surface area contributed by atoms with Crippen LogP contribution in [0.3, 0.4) is 0 Å². The number of carbonyl (C=O) groups excluding carboxylic acids is 7. The minimum absolute atomic E-state index is 0. The third-order valence-electron chi connectivity index (χ3n) is 9.56. The van der Waals surface area contributed by atoms with E-state index in [0.717, 1.165) is 4.90 Å². The number of thioether (sulfide) groups is 1. The molecule has 5 N–H and O–H groups in total. The predicted molar refractivity (Wildman–Crippen MR) is 189 cm³/mol. The van der Waals surface area contributed by atoms with Gasteiger partial charge in [0.1, 0.15) is 40.9 Å². The third-order valence-corrected chi connectivity index (χ3v) is 11.1. The molecule has 5 amide bonds. The number of H-pyrrole nitrogens is 1. The van der Waals surface area contributed by atoms with Crippen molar-refractivity contribution in [3.8, 4) is 17.0 Å². The number of likely N-dealkylation sites (tertiary alicyclic amines) is 1. The van der Waals surface area contributed by atoms with Gasteiger partial charge in [0.05, 0.1) is 18.6 Å². The number of phenols is 1. The molecule has 6 atom stereocenters. The zero-order chi connectivity index (χ0) is 39.1. The number of anilines is 1. The maximum atomic E-state index is 13.6. The van der Waals surface area contributed by atoms with E-state index in [1.807, 2.05) is 0 Å². The molecule has 3 aliphatic rings. The fourth-order valence-electron chi connectivity index (χ4n) is 6.89. The van der Waals surface area contributed by atoms with E-state index >= 15 is 0 Å². The molecule has 1 aromatic heterocycles. The van der Waals surface area contributed by atoms with Crippen molar-refractivity contribution in [3.63, 3.8) is 0 Å². The van der Waals surface area contributed by atoms with E-state index < -0.39 is 75.5 Å². The molecule has 19 heteroatoms. The van der Waals surface area contributed by atoms with Gasteiger partial charge in [-0.25, -0.2) is 0 Å². The average Bonchev–Trinajstić information content (AvgIpc) is 3.67. The van der Waals surface area contributed by atoms with E-state index in [0.29, 0.717) is 16.9 Å². The maximum Gasteiger partial charge on any atom is 1.00 e. The Labute approximate surface area is 339 Å². The fourth-order valence-corrected chi connectivity index (χ4v) is 8.51. The van der Waals surface area contributed by atoms with Gasteiger partial charge >= 0.3 is 29.6 Å². The Hall–Kier alpha value is -5.17. The summed E-state index contributed by atoms with van der Waals surface area (Å²) in [6.07, 6.45) is -0.452. The van der Waals surface area contributed by atoms with Gasteiger partial charge in [-0.3, -0.25) is 33.6 Å². The number of hydrogen-bond donors (Lipinski definition) is 5. The van der Waals surface area contributed by atoms with E-state index in [1.54, 1.807) is 38.1 Å². The normalized spacial score (nSPS) is 22.6. The standard InChI is InChI=1S/C36H36N6O11S.Na/c1-17(44)41-15-22(53-16-43)14-25(41)31(48)37-20-8-4-18(5-9-20)24-13-12-23(29(46)38-24)30(47)39-26(19-6-10-21(45)11-7-19)32(49)40-27-33(50)42-28(35(51)52)36(2,3)54-34(27)42;/h4-13,16,22,25-28,34,45H,14-15H2,1-3H3,(H,37,48)(H,38,46)(H,39,47)(H,40,49)(H,51,52);/q;+1/p-1/t22-,25?,26?,27-,28+,34+;/m1./s1. The Kier molecular flexibility index (Phi) is 12.1. The maximum absolute atomic E-state index is 13.6. The molecule has 55 heavy (non-hydrogen) atoms. The van der Waals surface area contributed by atoms with Gasteiger partial charge in [-0.1, -0.05) is 24.3 Å². The number of aliphatic carboxylic acids is 1. The van der Waals surface area contributed by atoms with Crippen LogP contribution >= 0.6 is 11.8 Å². The number of fused-ring (bicyclic) bond motifs is 1. The molecule has 0 bridgehead atoms. The number of nitrogens with zero attached hydrogens (tertiary/aromatic N) is 2. The summed E-state index contributed by atoms with van der Waals surface area (Å²) in [4.78, 5) is 106. The second kappa shape index (κ2) is 16.3. The molecule has 3 fully saturated rings. The van der Waals surface area contributed by atoms with Gasteiger partial charge in [0.15, 0.2) is 0 Å². The molecule has 3 saturated heterocycles. The number of hydrogen-bond acceptors (Lipinski definition) is 12. The molecule has 0 radical (unpaired) electrons. The summed E-state index contributed by atoms with van der Waals surface area (Å²) in [5.74, 6) is -4.68. The van der Waals surface area contributed by atoms with Crippen LogP contribution < -0.4 is 56.2 Å². The van der Waals surface area contributed by atoms with Crippen LogP contribution in [0.25, 0.3) is 11.3 Å². The molecule has 3 aromatic rings. The van der Waals surface area contributed by atoms with Gasteiger partial charge in [-0.15, -0.1) is 11.8 Å². The molecule has 282 valence electrons. The summed E-state index contributed by atoms with van der Waals surface area (Å²) in [6.45, 7) is 5.02. The predicted octanol–water partition coefficient (Wildman–Crippen LogP) is -3.38. The molecule has 6 rings (SSSR count). The number of aromatic hydroxyl groups is 1. The van der Waals surface area contributed by atoms with Gasteiger partial charge in [-0.05, 0) is 61.4 Å². The SMILES string of the molecule is CC(=O)N1C[C@H](OC=O)CC1C(=O)Nc1ccc(-c2ccc(C(=O)NC(C(=O)N[C@@H]3C(=O)N4[C@@H](C(=O)[O-])C(C)(C)S[C@@H]34)c3ccc(O)cc3)c(=O)[nH]2)cc1.[Na+]. The van der Waals surface area contributed by atoms with Crippen molar-refractivity contribution in [2.75, 3.05) is 11.9 Å². The molecule has 17 nitrogen and oxygen atoms in total. The summed E-state index contributed by atoms with van der Waals surface area (Å²) in [5.41, 5.74) is 0.359. The molecule has 0 aliphatic carbocycles. The summed E-state index contributed by atoms with van der Waals surface area (Å²) in [5, 5.41) is 28.8. The first kappa shape index (κ1) is 41.0. The summed E-state index contributed by atoms with van der Waals surface area (Å²) in [6, 6.07) is 9.96. The van der Waals surface area contributed by atoms with E-state index in [4.69, 9.17) is 4.74 Å². The second-order valence-electron chi connectivity index (χ2n) is 13.5. The molecular formula is C36H35N6NaO11S. The zero-order valence-electron chi connectivity index (χ0n) is 30.1. The summed E-state index contributed by atoms with van der Waals surface area (Å²) < 4.78 is 4.06. The smallest absolute Gasteiger partial charge is 0.548 e. The number of phenolic OH excluding ortho intramolecular Hbond substituents is 1. The molecule has 3 aliphatic heterocycles. The molecule has 2 unspecified atom stereocenters. The van der Waals surface area contributed by atoms with E-state index in [2.05, 4.69) is 20.9 Å². The zero-order valence-corrected chi connectivity index (χ0v) is 32.9. The van der Waals surface area contributed by atoms with Gasteiger partial charge in [-0.2, -0.15) is 0 Å². The van der Waals surface area contributed by atoms with Gasteiger partial charge in [0.25, 0.3) is 17.9 Å². The van der Waals surface area contributed by atoms with Crippen LogP contribution in [0, 0.1) is 0 Å². The number of carboxylic acids is 1. The molecular weight excluding hydrogens is 747 g/mol. The number of pyridine rings is 1. The number of amides is 5. The summed E-state index contributed by atoms with van der Waals surface area (Å²) >= 11 is 1.20. The number of aromatic nitrogens is 1. The Balaban J connectivity index is 0.00000580. The van der Waals surface area contributed by atoms with E-state index in [1.165, 1.54) is 60.0 Å².